The number of anilines is 1. The van der Waals surface area contributed by atoms with Crippen LogP contribution in [0.3, 0.4) is 0 Å². The van der Waals surface area contributed by atoms with Crippen LogP contribution in [0.25, 0.3) is 0 Å². The standard InChI is InChI=1S/C18H28N2O/c1-20(2)14-16-10-6-7-11-17(16)19-18(21)13-12-15-8-4-3-5-9-15/h6-7,10-11,15H,3-5,8-9,12-14H2,1-2H3,(H,19,21). The van der Waals surface area contributed by atoms with E-state index in [-0.39, 0.29) is 5.91 Å². The van der Waals surface area contributed by atoms with Gasteiger partial charge in [-0.2, -0.15) is 0 Å². The van der Waals surface area contributed by atoms with E-state index in [0.717, 1.165) is 24.6 Å². The number of carbonyl (C=O) groups is 1. The number of amides is 1. The summed E-state index contributed by atoms with van der Waals surface area (Å²) in [6.07, 6.45) is 8.38. The van der Waals surface area contributed by atoms with E-state index in [2.05, 4.69) is 16.3 Å². The minimum absolute atomic E-state index is 0.159. The minimum Gasteiger partial charge on any atom is -0.326 e. The van der Waals surface area contributed by atoms with Crippen LogP contribution in [-0.4, -0.2) is 24.9 Å². The van der Waals surface area contributed by atoms with Crippen molar-refractivity contribution in [3.8, 4) is 0 Å². The van der Waals surface area contributed by atoms with Gasteiger partial charge in [0.15, 0.2) is 0 Å². The van der Waals surface area contributed by atoms with Crippen LogP contribution in [-0.2, 0) is 11.3 Å². The number of hydrogen-bond donors (Lipinski definition) is 1. The van der Waals surface area contributed by atoms with Gasteiger partial charge in [-0.25, -0.2) is 0 Å². The largest absolute Gasteiger partial charge is 0.326 e. The summed E-state index contributed by atoms with van der Waals surface area (Å²) in [6.45, 7) is 0.846. The first-order valence-corrected chi connectivity index (χ1v) is 8.17. The van der Waals surface area contributed by atoms with E-state index in [9.17, 15) is 4.79 Å². The minimum atomic E-state index is 0.159. The van der Waals surface area contributed by atoms with Crippen LogP contribution in [0.2, 0.25) is 0 Å². The lowest BCUT2D eigenvalue weighted by molar-refractivity contribution is -0.116. The highest BCUT2D eigenvalue weighted by Gasteiger charge is 2.15. The summed E-state index contributed by atoms with van der Waals surface area (Å²) in [6, 6.07) is 8.08. The Balaban J connectivity index is 1.84. The Hall–Kier alpha value is -1.35. The van der Waals surface area contributed by atoms with Gasteiger partial charge in [-0.1, -0.05) is 50.3 Å². The highest BCUT2D eigenvalue weighted by Crippen LogP contribution is 2.27. The zero-order valence-corrected chi connectivity index (χ0v) is 13.4. The van der Waals surface area contributed by atoms with E-state index in [0.29, 0.717) is 6.42 Å². The van der Waals surface area contributed by atoms with E-state index in [1.54, 1.807) is 0 Å². The average Bonchev–Trinajstić information content (AvgIpc) is 2.48. The van der Waals surface area contributed by atoms with Crippen molar-refractivity contribution in [2.45, 2.75) is 51.5 Å². The Morgan fingerprint density at radius 1 is 1.19 bits per heavy atom. The molecule has 1 aliphatic carbocycles. The monoisotopic (exact) mass is 288 g/mol. The molecule has 3 nitrogen and oxygen atoms in total. The van der Waals surface area contributed by atoms with Crippen LogP contribution in [0.5, 0.6) is 0 Å². The molecule has 3 heteroatoms. The van der Waals surface area contributed by atoms with Crippen LogP contribution >= 0.6 is 0 Å². The first-order chi connectivity index (χ1) is 10.1. The van der Waals surface area contributed by atoms with Crippen LogP contribution in [0.15, 0.2) is 24.3 Å². The molecule has 21 heavy (non-hydrogen) atoms. The van der Waals surface area contributed by atoms with Crippen molar-refractivity contribution in [3.63, 3.8) is 0 Å². The molecule has 0 aromatic heterocycles. The van der Waals surface area contributed by atoms with Gasteiger partial charge < -0.3 is 10.2 Å². The fourth-order valence-electron chi connectivity index (χ4n) is 3.14. The molecule has 0 saturated heterocycles. The van der Waals surface area contributed by atoms with Gasteiger partial charge >= 0.3 is 0 Å². The highest BCUT2D eigenvalue weighted by molar-refractivity contribution is 5.91. The molecule has 0 aliphatic heterocycles. The third kappa shape index (κ3) is 5.50. The summed E-state index contributed by atoms with van der Waals surface area (Å²) in [5.41, 5.74) is 2.13. The molecule has 0 heterocycles. The van der Waals surface area contributed by atoms with Crippen LogP contribution < -0.4 is 5.32 Å². The van der Waals surface area contributed by atoms with Gasteiger partial charge in [-0.05, 0) is 38.1 Å². The van der Waals surface area contributed by atoms with Gasteiger partial charge in [0.1, 0.15) is 0 Å². The summed E-state index contributed by atoms with van der Waals surface area (Å²) in [5, 5.41) is 3.09. The molecular weight excluding hydrogens is 260 g/mol. The molecule has 1 aromatic rings. The Morgan fingerprint density at radius 3 is 2.62 bits per heavy atom. The van der Waals surface area contributed by atoms with Crippen LogP contribution in [0.1, 0.15) is 50.5 Å². The summed E-state index contributed by atoms with van der Waals surface area (Å²) in [5.74, 6) is 0.924. The molecule has 2 rings (SSSR count). The van der Waals surface area contributed by atoms with Crippen molar-refractivity contribution in [2.75, 3.05) is 19.4 Å². The number of carbonyl (C=O) groups excluding carboxylic acids is 1. The Labute approximate surface area is 128 Å². The lowest BCUT2D eigenvalue weighted by Crippen LogP contribution is -2.17. The van der Waals surface area contributed by atoms with Crippen LogP contribution in [0, 0.1) is 5.92 Å². The van der Waals surface area contributed by atoms with E-state index in [1.807, 2.05) is 32.3 Å². The number of nitrogens with zero attached hydrogens (tertiary/aromatic N) is 1. The van der Waals surface area contributed by atoms with Gasteiger partial charge in [-0.15, -0.1) is 0 Å². The molecule has 1 aromatic carbocycles. The van der Waals surface area contributed by atoms with E-state index >= 15 is 0 Å². The number of nitrogens with one attached hydrogen (secondary N) is 1. The summed E-state index contributed by atoms with van der Waals surface area (Å²) in [4.78, 5) is 14.3. The lowest BCUT2D eigenvalue weighted by atomic mass is 9.86. The maximum atomic E-state index is 12.2. The average molecular weight is 288 g/mol. The van der Waals surface area contributed by atoms with Gasteiger partial charge in [0.05, 0.1) is 0 Å². The smallest absolute Gasteiger partial charge is 0.224 e. The second-order valence-corrected chi connectivity index (χ2v) is 6.49. The van der Waals surface area contributed by atoms with Crippen molar-refractivity contribution in [3.05, 3.63) is 29.8 Å². The number of rotatable bonds is 6. The molecule has 0 spiro atoms. The lowest BCUT2D eigenvalue weighted by Gasteiger charge is -2.21. The third-order valence-corrected chi connectivity index (χ3v) is 4.28. The normalized spacial score (nSPS) is 16.1. The second-order valence-electron chi connectivity index (χ2n) is 6.49. The Bertz CT molecular complexity index is 450. The molecule has 1 aliphatic rings. The number of hydrogen-bond acceptors (Lipinski definition) is 2. The molecule has 1 saturated carbocycles. The van der Waals surface area contributed by atoms with Gasteiger partial charge in [0.2, 0.25) is 5.91 Å². The molecule has 1 fully saturated rings. The molecule has 0 bridgehead atoms. The Morgan fingerprint density at radius 2 is 1.90 bits per heavy atom. The van der Waals surface area contributed by atoms with Crippen molar-refractivity contribution >= 4 is 11.6 Å². The maximum Gasteiger partial charge on any atom is 0.224 e. The van der Waals surface area contributed by atoms with Crippen molar-refractivity contribution in [1.82, 2.24) is 4.90 Å². The highest BCUT2D eigenvalue weighted by atomic mass is 16.1. The fourth-order valence-corrected chi connectivity index (χ4v) is 3.14. The Kier molecular flexibility index (Phi) is 6.24. The predicted octanol–water partition coefficient (Wildman–Crippen LogP) is 4.05. The summed E-state index contributed by atoms with van der Waals surface area (Å²) in [7, 11) is 4.09. The first kappa shape index (κ1) is 16.0. The third-order valence-electron chi connectivity index (χ3n) is 4.28. The number of para-hydroxylation sites is 1. The van der Waals surface area contributed by atoms with Crippen molar-refractivity contribution < 1.29 is 4.79 Å². The van der Waals surface area contributed by atoms with Gasteiger partial charge in [0, 0.05) is 18.7 Å². The molecule has 0 atom stereocenters. The molecule has 1 N–H and O–H groups in total. The topological polar surface area (TPSA) is 32.3 Å². The van der Waals surface area contributed by atoms with Crippen molar-refractivity contribution in [1.29, 1.82) is 0 Å². The molecular formula is C18H28N2O. The van der Waals surface area contributed by atoms with Crippen LogP contribution in [0.4, 0.5) is 5.69 Å². The first-order valence-electron chi connectivity index (χ1n) is 8.17. The maximum absolute atomic E-state index is 12.2. The zero-order valence-electron chi connectivity index (χ0n) is 13.4. The molecule has 0 radical (unpaired) electrons. The summed E-state index contributed by atoms with van der Waals surface area (Å²) >= 11 is 0. The molecule has 1 amide bonds. The zero-order chi connectivity index (χ0) is 15.1. The van der Waals surface area contributed by atoms with Crippen molar-refractivity contribution in [2.24, 2.45) is 5.92 Å². The van der Waals surface area contributed by atoms with E-state index < -0.39 is 0 Å². The van der Waals surface area contributed by atoms with E-state index in [1.165, 1.54) is 37.7 Å². The fraction of sp³-hybridized carbons (Fsp3) is 0.611. The SMILES string of the molecule is CN(C)Cc1ccccc1NC(=O)CCC1CCCCC1. The van der Waals surface area contributed by atoms with E-state index in [4.69, 9.17) is 0 Å². The second kappa shape index (κ2) is 8.18. The predicted molar refractivity (Wildman–Crippen MR) is 88.3 cm³/mol. The molecule has 116 valence electrons. The van der Waals surface area contributed by atoms with Gasteiger partial charge in [-0.3, -0.25) is 4.79 Å². The molecule has 0 unspecified atom stereocenters. The summed E-state index contributed by atoms with van der Waals surface area (Å²) < 4.78 is 0. The van der Waals surface area contributed by atoms with Gasteiger partial charge in [0.25, 0.3) is 0 Å². The number of benzene rings is 1. The quantitative estimate of drug-likeness (QED) is 0.856.